The molecule has 4 nitrogen and oxygen atoms in total. The molecule has 4 heteroatoms. The van der Waals surface area contributed by atoms with E-state index in [9.17, 15) is 0 Å². The summed E-state index contributed by atoms with van der Waals surface area (Å²) in [5, 5.41) is 4.54. The number of nitrogens with zero attached hydrogens (tertiary/aromatic N) is 4. The Hall–Kier alpha value is -0.870. The summed E-state index contributed by atoms with van der Waals surface area (Å²) in [6, 6.07) is 0. The first-order valence-corrected chi connectivity index (χ1v) is 11.1. The monoisotopic (exact) mass is 358 g/mol. The highest BCUT2D eigenvalue weighted by Gasteiger charge is 2.41. The normalized spacial score (nSPS) is 29.0. The van der Waals surface area contributed by atoms with Crippen molar-refractivity contribution in [2.75, 3.05) is 32.7 Å². The molecular formula is C22H38N4. The molecule has 0 amide bonds. The summed E-state index contributed by atoms with van der Waals surface area (Å²) in [6.07, 6.45) is 13.7. The Morgan fingerprint density at radius 1 is 1.04 bits per heavy atom. The lowest BCUT2D eigenvalue weighted by molar-refractivity contribution is 0.0737. The van der Waals surface area contributed by atoms with Crippen LogP contribution in [0.3, 0.4) is 0 Å². The summed E-state index contributed by atoms with van der Waals surface area (Å²) < 4.78 is 2.13. The number of piperidine rings is 1. The van der Waals surface area contributed by atoms with Gasteiger partial charge < -0.3 is 4.90 Å². The average Bonchev–Trinajstić information content (AvgIpc) is 3.20. The van der Waals surface area contributed by atoms with Crippen LogP contribution in [0.1, 0.15) is 69.5 Å². The van der Waals surface area contributed by atoms with Gasteiger partial charge in [-0.15, -0.1) is 0 Å². The van der Waals surface area contributed by atoms with Crippen molar-refractivity contribution in [2.45, 2.75) is 78.3 Å². The molecule has 1 spiro atoms. The molecule has 3 aliphatic rings. The fourth-order valence-electron chi connectivity index (χ4n) is 5.90. The van der Waals surface area contributed by atoms with Crippen LogP contribution >= 0.6 is 0 Å². The summed E-state index contributed by atoms with van der Waals surface area (Å²) in [6.45, 7) is 13.1. The topological polar surface area (TPSA) is 24.3 Å². The van der Waals surface area contributed by atoms with Crippen molar-refractivity contribution in [2.24, 2.45) is 11.3 Å². The van der Waals surface area contributed by atoms with Crippen LogP contribution in [0.5, 0.6) is 0 Å². The molecule has 2 saturated heterocycles. The number of aromatic nitrogens is 2. The first-order chi connectivity index (χ1) is 12.7. The lowest BCUT2D eigenvalue weighted by atomic mass is 9.78. The van der Waals surface area contributed by atoms with Gasteiger partial charge >= 0.3 is 0 Å². The zero-order valence-electron chi connectivity index (χ0n) is 17.1. The van der Waals surface area contributed by atoms with Crippen molar-refractivity contribution in [1.29, 1.82) is 0 Å². The average molecular weight is 359 g/mol. The molecule has 1 unspecified atom stereocenters. The van der Waals surface area contributed by atoms with Crippen LogP contribution < -0.4 is 0 Å². The Balaban J connectivity index is 1.33. The van der Waals surface area contributed by atoms with Gasteiger partial charge in [0.05, 0.1) is 6.20 Å². The fourth-order valence-corrected chi connectivity index (χ4v) is 5.90. The first kappa shape index (κ1) is 18.5. The van der Waals surface area contributed by atoms with E-state index in [0.29, 0.717) is 5.41 Å². The van der Waals surface area contributed by atoms with Crippen LogP contribution in [-0.2, 0) is 13.1 Å². The Kier molecular flexibility index (Phi) is 5.70. The summed E-state index contributed by atoms with van der Waals surface area (Å²) in [4.78, 5) is 5.54. The van der Waals surface area contributed by atoms with Gasteiger partial charge in [-0.2, -0.15) is 5.10 Å². The van der Waals surface area contributed by atoms with E-state index in [1.165, 1.54) is 95.3 Å². The molecule has 0 aromatic carbocycles. The van der Waals surface area contributed by atoms with Gasteiger partial charge in [-0.25, -0.2) is 0 Å². The lowest BCUT2D eigenvalue weighted by Crippen LogP contribution is -2.46. The van der Waals surface area contributed by atoms with Crippen molar-refractivity contribution in [3.63, 3.8) is 0 Å². The van der Waals surface area contributed by atoms with E-state index in [4.69, 9.17) is 0 Å². The van der Waals surface area contributed by atoms with Gasteiger partial charge in [0.1, 0.15) is 0 Å². The Labute approximate surface area is 159 Å². The van der Waals surface area contributed by atoms with E-state index in [0.717, 1.165) is 19.0 Å². The van der Waals surface area contributed by atoms with Gasteiger partial charge in [0.15, 0.2) is 0 Å². The highest BCUT2D eigenvalue weighted by molar-refractivity contribution is 5.16. The second-order valence-electron chi connectivity index (χ2n) is 9.37. The maximum Gasteiger partial charge on any atom is 0.0537 e. The first-order valence-electron chi connectivity index (χ1n) is 11.1. The third-order valence-electron chi connectivity index (χ3n) is 7.40. The smallest absolute Gasteiger partial charge is 0.0537 e. The highest BCUT2D eigenvalue weighted by atomic mass is 15.3. The molecule has 1 saturated carbocycles. The number of aryl methyl sites for hydroxylation is 1. The molecule has 1 aromatic heterocycles. The van der Waals surface area contributed by atoms with Crippen LogP contribution in [-0.4, -0.2) is 52.3 Å². The molecule has 1 aliphatic carbocycles. The van der Waals surface area contributed by atoms with Crippen molar-refractivity contribution in [1.82, 2.24) is 19.6 Å². The van der Waals surface area contributed by atoms with Gasteiger partial charge in [0.25, 0.3) is 0 Å². The van der Waals surface area contributed by atoms with Gasteiger partial charge in [0.2, 0.25) is 0 Å². The van der Waals surface area contributed by atoms with Crippen molar-refractivity contribution in [3.8, 4) is 0 Å². The lowest BCUT2D eigenvalue weighted by Gasteiger charge is -2.42. The standard InChI is InChI=1S/C22H38N4/c1-3-26-19(2)21(14-23-26)16-25-13-11-22(18-25)10-7-12-24(17-22)15-20-8-5-4-6-9-20/h14,20H,3-13,15-18H2,1-2H3. The third kappa shape index (κ3) is 4.01. The predicted molar refractivity (Wildman–Crippen MR) is 107 cm³/mol. The quantitative estimate of drug-likeness (QED) is 0.793. The van der Waals surface area contributed by atoms with Gasteiger partial charge in [0, 0.05) is 44.0 Å². The van der Waals surface area contributed by atoms with Gasteiger partial charge in [-0.05, 0) is 70.4 Å². The van der Waals surface area contributed by atoms with Gasteiger partial charge in [-0.3, -0.25) is 9.58 Å². The van der Waals surface area contributed by atoms with E-state index in [1.54, 1.807) is 0 Å². The fraction of sp³-hybridized carbons (Fsp3) is 0.864. The number of hydrogen-bond donors (Lipinski definition) is 0. The van der Waals surface area contributed by atoms with Crippen LogP contribution in [0.2, 0.25) is 0 Å². The molecule has 0 N–H and O–H groups in total. The van der Waals surface area contributed by atoms with Crippen molar-refractivity contribution in [3.05, 3.63) is 17.5 Å². The second-order valence-corrected chi connectivity index (χ2v) is 9.37. The summed E-state index contributed by atoms with van der Waals surface area (Å²) in [5.74, 6) is 0.985. The molecule has 4 rings (SSSR count). The third-order valence-corrected chi connectivity index (χ3v) is 7.40. The van der Waals surface area contributed by atoms with Gasteiger partial charge in [-0.1, -0.05) is 19.3 Å². The molecule has 0 bridgehead atoms. The zero-order chi connectivity index (χ0) is 18.0. The molecule has 146 valence electrons. The minimum atomic E-state index is 0.571. The molecule has 3 fully saturated rings. The summed E-state index contributed by atoms with van der Waals surface area (Å²) in [7, 11) is 0. The van der Waals surface area contributed by atoms with E-state index >= 15 is 0 Å². The molecule has 1 atom stereocenters. The maximum absolute atomic E-state index is 4.54. The predicted octanol–water partition coefficient (Wildman–Crippen LogP) is 4.08. The van der Waals surface area contributed by atoms with Crippen LogP contribution in [0.15, 0.2) is 6.20 Å². The molecule has 26 heavy (non-hydrogen) atoms. The van der Waals surface area contributed by atoms with E-state index in [1.807, 2.05) is 0 Å². The number of likely N-dealkylation sites (tertiary alicyclic amines) is 2. The molecule has 2 aliphatic heterocycles. The largest absolute Gasteiger partial charge is 0.302 e. The van der Waals surface area contributed by atoms with Crippen molar-refractivity contribution < 1.29 is 0 Å². The second kappa shape index (κ2) is 8.02. The Morgan fingerprint density at radius 3 is 2.62 bits per heavy atom. The van der Waals surface area contributed by atoms with Crippen LogP contribution in [0, 0.1) is 18.3 Å². The van der Waals surface area contributed by atoms with Crippen LogP contribution in [0.25, 0.3) is 0 Å². The summed E-state index contributed by atoms with van der Waals surface area (Å²) >= 11 is 0. The van der Waals surface area contributed by atoms with E-state index in [-0.39, 0.29) is 0 Å². The van der Waals surface area contributed by atoms with E-state index in [2.05, 4.69) is 39.6 Å². The Morgan fingerprint density at radius 2 is 1.85 bits per heavy atom. The number of hydrogen-bond acceptors (Lipinski definition) is 3. The maximum atomic E-state index is 4.54. The van der Waals surface area contributed by atoms with E-state index < -0.39 is 0 Å². The number of rotatable bonds is 5. The summed E-state index contributed by atoms with van der Waals surface area (Å²) in [5.41, 5.74) is 3.36. The molecule has 3 heterocycles. The SMILES string of the molecule is CCn1ncc(CN2CCC3(CCCN(CC4CCCCC4)C3)C2)c1C. The zero-order valence-corrected chi connectivity index (χ0v) is 17.1. The molecule has 0 radical (unpaired) electrons. The minimum Gasteiger partial charge on any atom is -0.302 e. The minimum absolute atomic E-state index is 0.571. The van der Waals surface area contributed by atoms with Crippen molar-refractivity contribution >= 4 is 0 Å². The Bertz CT molecular complexity index is 589. The molecular weight excluding hydrogens is 320 g/mol. The molecule has 1 aromatic rings. The van der Waals surface area contributed by atoms with Crippen LogP contribution in [0.4, 0.5) is 0 Å². The highest BCUT2D eigenvalue weighted by Crippen LogP contribution is 2.40.